The van der Waals surface area contributed by atoms with Crippen molar-refractivity contribution in [3.8, 4) is 0 Å². The van der Waals surface area contributed by atoms with Crippen LogP contribution in [0.15, 0.2) is 6.07 Å². The van der Waals surface area contributed by atoms with Gasteiger partial charge in [-0.25, -0.2) is 9.97 Å². The molecule has 17 heavy (non-hydrogen) atoms. The normalized spacial score (nSPS) is 11.6. The molecule has 0 aliphatic heterocycles. The van der Waals surface area contributed by atoms with Crippen LogP contribution < -0.4 is 5.32 Å². The van der Waals surface area contributed by atoms with Crippen molar-refractivity contribution in [3.63, 3.8) is 0 Å². The number of anilines is 1. The highest BCUT2D eigenvalue weighted by Gasteiger charge is 2.29. The Labute approximate surface area is 97.2 Å². The number of alkyl halides is 3. The molecular formula is C10H14F3N3O. The molecule has 0 aliphatic carbocycles. The molecule has 0 unspecified atom stereocenters. The average molecular weight is 249 g/mol. The van der Waals surface area contributed by atoms with Gasteiger partial charge >= 0.3 is 6.18 Å². The van der Waals surface area contributed by atoms with Gasteiger partial charge in [0.2, 0.25) is 0 Å². The quantitative estimate of drug-likeness (QED) is 0.868. The number of hydrogen-bond acceptors (Lipinski definition) is 4. The topological polar surface area (TPSA) is 47.0 Å². The molecule has 1 aromatic heterocycles. The van der Waals surface area contributed by atoms with Gasteiger partial charge in [-0.2, -0.15) is 13.2 Å². The second-order valence-corrected chi connectivity index (χ2v) is 3.42. The van der Waals surface area contributed by atoms with Gasteiger partial charge in [0, 0.05) is 19.7 Å². The van der Waals surface area contributed by atoms with E-state index in [-0.39, 0.29) is 12.4 Å². The van der Waals surface area contributed by atoms with Crippen LogP contribution in [0.4, 0.5) is 19.0 Å². The van der Waals surface area contributed by atoms with E-state index in [4.69, 9.17) is 4.74 Å². The van der Waals surface area contributed by atoms with Crippen molar-refractivity contribution >= 4 is 5.82 Å². The highest BCUT2D eigenvalue weighted by atomic mass is 19.4. The van der Waals surface area contributed by atoms with Crippen LogP contribution in [0.5, 0.6) is 0 Å². The Balaban J connectivity index is 2.94. The zero-order valence-electron chi connectivity index (χ0n) is 9.64. The monoisotopic (exact) mass is 249 g/mol. The fraction of sp³-hybridized carbons (Fsp3) is 0.600. The molecule has 0 aliphatic rings. The van der Waals surface area contributed by atoms with Crippen molar-refractivity contribution in [2.24, 2.45) is 0 Å². The van der Waals surface area contributed by atoms with Gasteiger partial charge in [0.1, 0.15) is 18.1 Å². The maximum Gasteiger partial charge on any atom is 0.396 e. The van der Waals surface area contributed by atoms with E-state index in [9.17, 15) is 13.2 Å². The number of nitrogens with zero attached hydrogens (tertiary/aromatic N) is 2. The van der Waals surface area contributed by atoms with Crippen molar-refractivity contribution in [2.45, 2.75) is 26.1 Å². The summed E-state index contributed by atoms with van der Waals surface area (Å²) in [5.41, 5.74) is 0.428. The van der Waals surface area contributed by atoms with E-state index in [1.807, 2.05) is 6.92 Å². The van der Waals surface area contributed by atoms with Gasteiger partial charge in [0.25, 0.3) is 0 Å². The minimum absolute atomic E-state index is 0.159. The summed E-state index contributed by atoms with van der Waals surface area (Å²) in [4.78, 5) is 7.59. The van der Waals surface area contributed by atoms with E-state index in [2.05, 4.69) is 15.3 Å². The Morgan fingerprint density at radius 2 is 2.06 bits per heavy atom. The van der Waals surface area contributed by atoms with E-state index in [0.717, 1.165) is 0 Å². The molecule has 0 radical (unpaired) electrons. The van der Waals surface area contributed by atoms with Gasteiger partial charge in [0.15, 0.2) is 0 Å². The van der Waals surface area contributed by atoms with Crippen molar-refractivity contribution < 1.29 is 17.9 Å². The Morgan fingerprint density at radius 1 is 1.35 bits per heavy atom. The van der Waals surface area contributed by atoms with Gasteiger partial charge < -0.3 is 10.1 Å². The lowest BCUT2D eigenvalue weighted by Gasteiger charge is -2.10. The Kier molecular flexibility index (Phi) is 4.68. The minimum atomic E-state index is -4.31. The summed E-state index contributed by atoms with van der Waals surface area (Å²) >= 11 is 0. The van der Waals surface area contributed by atoms with Crippen molar-refractivity contribution in [1.82, 2.24) is 9.97 Å². The van der Waals surface area contributed by atoms with Crippen molar-refractivity contribution in [1.29, 1.82) is 0 Å². The SMILES string of the molecule is CCNc1cc(COC)nc(CC(F)(F)F)n1. The van der Waals surface area contributed by atoms with Crippen LogP contribution in [-0.2, 0) is 17.8 Å². The largest absolute Gasteiger partial charge is 0.396 e. The molecule has 0 atom stereocenters. The molecule has 0 spiro atoms. The summed E-state index contributed by atoms with van der Waals surface area (Å²) in [7, 11) is 1.46. The smallest absolute Gasteiger partial charge is 0.378 e. The lowest BCUT2D eigenvalue weighted by Crippen LogP contribution is -2.16. The van der Waals surface area contributed by atoms with Crippen molar-refractivity contribution in [2.75, 3.05) is 19.0 Å². The first-order valence-electron chi connectivity index (χ1n) is 5.11. The summed E-state index contributed by atoms with van der Waals surface area (Å²) in [6.07, 6.45) is -5.45. The maximum absolute atomic E-state index is 12.2. The molecule has 4 nitrogen and oxygen atoms in total. The lowest BCUT2D eigenvalue weighted by atomic mass is 10.3. The molecule has 1 rings (SSSR count). The number of rotatable bonds is 5. The number of methoxy groups -OCH3 is 1. The standard InChI is InChI=1S/C10H14F3N3O/c1-3-14-8-4-7(6-17-2)15-9(16-8)5-10(11,12)13/h4H,3,5-6H2,1-2H3,(H,14,15,16). The summed E-state index contributed by atoms with van der Waals surface area (Å²) in [5, 5.41) is 2.86. The minimum Gasteiger partial charge on any atom is -0.378 e. The third-order valence-corrected chi connectivity index (χ3v) is 1.83. The van der Waals surface area contributed by atoms with Crippen LogP contribution in [0.2, 0.25) is 0 Å². The van der Waals surface area contributed by atoms with Crippen LogP contribution in [0, 0.1) is 0 Å². The summed E-state index contributed by atoms with van der Waals surface area (Å²) in [6, 6.07) is 1.58. The van der Waals surface area contributed by atoms with Gasteiger partial charge in [-0.15, -0.1) is 0 Å². The Hall–Kier alpha value is -1.37. The summed E-state index contributed by atoms with van der Waals surface area (Å²) in [6.45, 7) is 2.57. The molecule has 0 saturated carbocycles. The third-order valence-electron chi connectivity index (χ3n) is 1.83. The van der Waals surface area contributed by atoms with E-state index < -0.39 is 12.6 Å². The molecule has 1 heterocycles. The second-order valence-electron chi connectivity index (χ2n) is 3.42. The van der Waals surface area contributed by atoms with Gasteiger partial charge in [-0.3, -0.25) is 0 Å². The molecule has 0 fully saturated rings. The van der Waals surface area contributed by atoms with Gasteiger partial charge in [-0.1, -0.05) is 0 Å². The van der Waals surface area contributed by atoms with E-state index >= 15 is 0 Å². The fourth-order valence-electron chi connectivity index (χ4n) is 1.30. The van der Waals surface area contributed by atoms with E-state index in [1.54, 1.807) is 6.07 Å². The van der Waals surface area contributed by atoms with Crippen LogP contribution in [0.1, 0.15) is 18.4 Å². The number of halogens is 3. The van der Waals surface area contributed by atoms with Crippen LogP contribution >= 0.6 is 0 Å². The Morgan fingerprint density at radius 3 is 2.59 bits per heavy atom. The molecule has 0 aromatic carbocycles. The molecule has 0 bridgehead atoms. The summed E-state index contributed by atoms with van der Waals surface area (Å²) < 4.78 is 41.6. The molecule has 7 heteroatoms. The first kappa shape index (κ1) is 13.7. The highest BCUT2D eigenvalue weighted by Crippen LogP contribution is 2.20. The number of aromatic nitrogens is 2. The lowest BCUT2D eigenvalue weighted by molar-refractivity contribution is -0.128. The van der Waals surface area contributed by atoms with Crippen LogP contribution in [0.25, 0.3) is 0 Å². The number of hydrogen-bond donors (Lipinski definition) is 1. The van der Waals surface area contributed by atoms with E-state index in [1.165, 1.54) is 7.11 Å². The molecule has 96 valence electrons. The zero-order chi connectivity index (χ0) is 12.9. The first-order chi connectivity index (χ1) is 7.94. The first-order valence-corrected chi connectivity index (χ1v) is 5.11. The van der Waals surface area contributed by atoms with Crippen LogP contribution in [-0.4, -0.2) is 29.8 Å². The third kappa shape index (κ3) is 4.99. The highest BCUT2D eigenvalue weighted by molar-refractivity contribution is 5.35. The predicted molar refractivity (Wildman–Crippen MR) is 56.7 cm³/mol. The molecule has 1 aromatic rings. The maximum atomic E-state index is 12.2. The summed E-state index contributed by atoms with van der Waals surface area (Å²) in [5.74, 6) is 0.136. The second kappa shape index (κ2) is 5.81. The number of ether oxygens (including phenoxy) is 1. The van der Waals surface area contributed by atoms with E-state index in [0.29, 0.717) is 18.1 Å². The van der Waals surface area contributed by atoms with Gasteiger partial charge in [-0.05, 0) is 6.92 Å². The Bertz CT molecular complexity index is 344. The predicted octanol–water partition coefficient (Wildman–Crippen LogP) is 2.16. The van der Waals surface area contributed by atoms with Crippen LogP contribution in [0.3, 0.4) is 0 Å². The molecule has 1 N–H and O–H groups in total. The van der Waals surface area contributed by atoms with Gasteiger partial charge in [0.05, 0.1) is 12.3 Å². The zero-order valence-corrected chi connectivity index (χ0v) is 9.64. The average Bonchev–Trinajstić information content (AvgIpc) is 2.15. The molecule has 0 amide bonds. The van der Waals surface area contributed by atoms with Crippen molar-refractivity contribution in [3.05, 3.63) is 17.6 Å². The number of nitrogens with one attached hydrogen (secondary N) is 1. The fourth-order valence-corrected chi connectivity index (χ4v) is 1.30. The molecule has 0 saturated heterocycles. The molecular weight excluding hydrogens is 235 g/mol.